The molecule has 0 saturated heterocycles. The number of nitrogens with zero attached hydrogens (tertiary/aromatic N) is 2. The molecule has 0 radical (unpaired) electrons. The third-order valence-electron chi connectivity index (χ3n) is 3.33. The van der Waals surface area contributed by atoms with E-state index in [-0.39, 0.29) is 9.92 Å². The van der Waals surface area contributed by atoms with Gasteiger partial charge >= 0.3 is 0 Å². The van der Waals surface area contributed by atoms with Crippen LogP contribution in [0.2, 0.25) is 5.02 Å². The van der Waals surface area contributed by atoms with Crippen molar-refractivity contribution in [2.24, 2.45) is 0 Å². The van der Waals surface area contributed by atoms with Crippen LogP contribution in [0.3, 0.4) is 0 Å². The highest BCUT2D eigenvalue weighted by Gasteiger charge is 2.24. The average molecular weight is 345 g/mol. The number of hydrogen-bond acceptors (Lipinski definition) is 4. The monoisotopic (exact) mass is 344 g/mol. The molecule has 0 aliphatic rings. The molecule has 3 aromatic rings. The van der Waals surface area contributed by atoms with E-state index in [4.69, 9.17) is 11.6 Å². The van der Waals surface area contributed by atoms with E-state index in [1.54, 1.807) is 24.4 Å². The summed E-state index contributed by atoms with van der Waals surface area (Å²) in [5.41, 5.74) is 1.96. The Morgan fingerprint density at radius 1 is 0.957 bits per heavy atom. The lowest BCUT2D eigenvalue weighted by Crippen LogP contribution is -2.06. The summed E-state index contributed by atoms with van der Waals surface area (Å²) in [4.78, 5) is 8.54. The zero-order chi connectivity index (χ0) is 16.4. The molecular formula is C17H13ClN2O2S. The second-order valence-corrected chi connectivity index (χ2v) is 7.37. The minimum Gasteiger partial charge on any atom is -0.255 e. The first-order valence-electron chi connectivity index (χ1n) is 6.84. The lowest BCUT2D eigenvalue weighted by molar-refractivity contribution is 0.602. The predicted octanol–water partition coefficient (Wildman–Crippen LogP) is 3.87. The van der Waals surface area contributed by atoms with Crippen molar-refractivity contribution in [1.29, 1.82) is 0 Å². The molecule has 0 amide bonds. The topological polar surface area (TPSA) is 59.9 Å². The first-order chi connectivity index (χ1) is 11.0. The zero-order valence-corrected chi connectivity index (χ0v) is 13.8. The van der Waals surface area contributed by atoms with Gasteiger partial charge in [0.2, 0.25) is 0 Å². The normalized spacial score (nSPS) is 11.4. The fourth-order valence-electron chi connectivity index (χ4n) is 2.39. The van der Waals surface area contributed by atoms with Crippen LogP contribution in [0.15, 0.2) is 65.8 Å². The highest BCUT2D eigenvalue weighted by molar-refractivity contribution is 7.91. The van der Waals surface area contributed by atoms with Gasteiger partial charge in [0.1, 0.15) is 10.6 Å². The molecule has 0 saturated carbocycles. The van der Waals surface area contributed by atoms with E-state index in [1.807, 2.05) is 30.3 Å². The van der Waals surface area contributed by atoms with Gasteiger partial charge in [-0.2, -0.15) is 0 Å². The van der Waals surface area contributed by atoms with Crippen molar-refractivity contribution in [3.63, 3.8) is 0 Å². The standard InChI is InChI=1S/C17H13ClN2O2S/c1-23(21,22)17-15(12-7-3-2-4-8-12)13(18)11-20-16(17)14-9-5-6-10-19-14/h2-11H,1H3. The fraction of sp³-hybridized carbons (Fsp3) is 0.0588. The van der Waals surface area contributed by atoms with Gasteiger partial charge in [-0.3, -0.25) is 9.97 Å². The smallest absolute Gasteiger partial charge is 0.178 e. The van der Waals surface area contributed by atoms with Gasteiger partial charge in [-0.1, -0.05) is 48.0 Å². The summed E-state index contributed by atoms with van der Waals surface area (Å²) >= 11 is 6.28. The summed E-state index contributed by atoms with van der Waals surface area (Å²) in [5.74, 6) is 0. The van der Waals surface area contributed by atoms with Crippen LogP contribution in [0.5, 0.6) is 0 Å². The number of benzene rings is 1. The quantitative estimate of drug-likeness (QED) is 0.723. The van der Waals surface area contributed by atoms with E-state index >= 15 is 0 Å². The molecule has 0 fully saturated rings. The van der Waals surface area contributed by atoms with Crippen LogP contribution in [-0.4, -0.2) is 24.6 Å². The molecule has 116 valence electrons. The number of pyridine rings is 2. The van der Waals surface area contributed by atoms with E-state index in [2.05, 4.69) is 9.97 Å². The van der Waals surface area contributed by atoms with E-state index in [1.165, 1.54) is 6.20 Å². The summed E-state index contributed by atoms with van der Waals surface area (Å²) in [7, 11) is -3.57. The van der Waals surface area contributed by atoms with Crippen molar-refractivity contribution >= 4 is 21.4 Å². The molecule has 0 unspecified atom stereocenters. The van der Waals surface area contributed by atoms with E-state index in [0.29, 0.717) is 17.0 Å². The van der Waals surface area contributed by atoms with E-state index in [9.17, 15) is 8.42 Å². The highest BCUT2D eigenvalue weighted by atomic mass is 35.5. The van der Waals surface area contributed by atoms with Crippen molar-refractivity contribution in [3.05, 3.63) is 65.9 Å². The van der Waals surface area contributed by atoms with Gasteiger partial charge in [0.25, 0.3) is 0 Å². The molecule has 4 nitrogen and oxygen atoms in total. The van der Waals surface area contributed by atoms with Gasteiger partial charge in [-0.25, -0.2) is 8.42 Å². The number of rotatable bonds is 3. The van der Waals surface area contributed by atoms with Gasteiger partial charge < -0.3 is 0 Å². The minimum absolute atomic E-state index is 0.0925. The molecule has 0 spiro atoms. The zero-order valence-electron chi connectivity index (χ0n) is 12.3. The van der Waals surface area contributed by atoms with Crippen molar-refractivity contribution < 1.29 is 8.42 Å². The molecule has 3 rings (SSSR count). The Morgan fingerprint density at radius 2 is 1.65 bits per heavy atom. The molecule has 0 aliphatic heterocycles. The second kappa shape index (κ2) is 6.10. The van der Waals surface area contributed by atoms with E-state index < -0.39 is 9.84 Å². The van der Waals surface area contributed by atoms with E-state index in [0.717, 1.165) is 11.8 Å². The molecule has 2 heterocycles. The summed E-state index contributed by atoms with van der Waals surface area (Å²) in [6, 6.07) is 14.4. The maximum Gasteiger partial charge on any atom is 0.178 e. The van der Waals surface area contributed by atoms with Gasteiger partial charge in [-0.15, -0.1) is 0 Å². The SMILES string of the molecule is CS(=O)(=O)c1c(-c2ccccn2)ncc(Cl)c1-c1ccccc1. The lowest BCUT2D eigenvalue weighted by Gasteiger charge is -2.14. The summed E-state index contributed by atoms with van der Waals surface area (Å²) in [6.45, 7) is 0. The highest BCUT2D eigenvalue weighted by Crippen LogP contribution is 2.38. The molecule has 0 N–H and O–H groups in total. The van der Waals surface area contributed by atoms with Crippen molar-refractivity contribution in [3.8, 4) is 22.5 Å². The van der Waals surface area contributed by atoms with Crippen molar-refractivity contribution in [2.75, 3.05) is 6.26 Å². The number of aromatic nitrogens is 2. The van der Waals surface area contributed by atoms with Gasteiger partial charge in [0.15, 0.2) is 9.84 Å². The molecule has 0 atom stereocenters. The van der Waals surface area contributed by atoms with Crippen LogP contribution in [-0.2, 0) is 9.84 Å². The molecular weight excluding hydrogens is 332 g/mol. The van der Waals surface area contributed by atoms with Gasteiger partial charge in [0.05, 0.1) is 10.7 Å². The molecule has 0 bridgehead atoms. The minimum atomic E-state index is -3.57. The number of halogens is 1. The third kappa shape index (κ3) is 3.11. The Hall–Kier alpha value is -2.24. The van der Waals surface area contributed by atoms with Crippen LogP contribution >= 0.6 is 11.6 Å². The summed E-state index contributed by atoms with van der Waals surface area (Å²) in [5, 5.41) is 0.288. The summed E-state index contributed by atoms with van der Waals surface area (Å²) in [6.07, 6.45) is 4.21. The largest absolute Gasteiger partial charge is 0.255 e. The van der Waals surface area contributed by atoms with Crippen LogP contribution in [0, 0.1) is 0 Å². The van der Waals surface area contributed by atoms with Crippen molar-refractivity contribution in [2.45, 2.75) is 4.90 Å². The Bertz CT molecular complexity index is 943. The molecule has 23 heavy (non-hydrogen) atoms. The maximum absolute atomic E-state index is 12.4. The maximum atomic E-state index is 12.4. The first-order valence-corrected chi connectivity index (χ1v) is 9.11. The third-order valence-corrected chi connectivity index (χ3v) is 4.75. The number of sulfone groups is 1. The number of hydrogen-bond donors (Lipinski definition) is 0. The van der Waals surface area contributed by atoms with Crippen LogP contribution < -0.4 is 0 Å². The molecule has 6 heteroatoms. The Labute approximate surface area is 139 Å². The average Bonchev–Trinajstić information content (AvgIpc) is 2.55. The second-order valence-electron chi connectivity index (χ2n) is 5.01. The molecule has 0 aliphatic carbocycles. The summed E-state index contributed by atoms with van der Waals surface area (Å²) < 4.78 is 24.9. The first kappa shape index (κ1) is 15.6. The van der Waals surface area contributed by atoms with Crippen molar-refractivity contribution in [1.82, 2.24) is 9.97 Å². The van der Waals surface area contributed by atoms with Crippen LogP contribution in [0.4, 0.5) is 0 Å². The van der Waals surface area contributed by atoms with Crippen LogP contribution in [0.25, 0.3) is 22.5 Å². The molecule has 2 aromatic heterocycles. The fourth-order valence-corrected chi connectivity index (χ4v) is 3.81. The Kier molecular flexibility index (Phi) is 4.15. The van der Waals surface area contributed by atoms with Gasteiger partial charge in [0, 0.05) is 24.2 Å². The Morgan fingerprint density at radius 3 is 2.26 bits per heavy atom. The van der Waals surface area contributed by atoms with Gasteiger partial charge in [-0.05, 0) is 17.7 Å². The predicted molar refractivity (Wildman–Crippen MR) is 91.0 cm³/mol. The molecule has 1 aromatic carbocycles. The van der Waals surface area contributed by atoms with Crippen LogP contribution in [0.1, 0.15) is 0 Å². The lowest BCUT2D eigenvalue weighted by atomic mass is 10.0. The Balaban J connectivity index is 2.41.